The topological polar surface area (TPSA) is 55.1 Å². The van der Waals surface area contributed by atoms with E-state index in [-0.39, 0.29) is 17.9 Å². The minimum Gasteiger partial charge on any atom is -0.350 e. The molecule has 94 valence electrons. The number of nitrogens with two attached hydrogens (primary N) is 1. The van der Waals surface area contributed by atoms with Crippen LogP contribution in [0.3, 0.4) is 0 Å². The molecular formula is C13H19ClN2O. The molecule has 1 rings (SSSR count). The largest absolute Gasteiger partial charge is 0.350 e. The number of carbonyl (C=O) groups excluding carboxylic acids is 1. The number of rotatable bonds is 5. The molecule has 3 N–H and O–H groups in total. The lowest BCUT2D eigenvalue weighted by Crippen LogP contribution is -2.29. The lowest BCUT2D eigenvalue weighted by Gasteiger charge is -2.16. The van der Waals surface area contributed by atoms with Crippen molar-refractivity contribution < 1.29 is 4.79 Å². The average Bonchev–Trinajstić information content (AvgIpc) is 2.29. The fraction of sp³-hybridized carbons (Fsp3) is 0.462. The molecule has 0 heterocycles. The Bertz CT molecular complexity index is 364. The van der Waals surface area contributed by atoms with Crippen molar-refractivity contribution in [3.63, 3.8) is 0 Å². The summed E-state index contributed by atoms with van der Waals surface area (Å²) in [5.41, 5.74) is 6.53. The van der Waals surface area contributed by atoms with E-state index in [1.54, 1.807) is 0 Å². The second-order valence-corrected chi connectivity index (χ2v) is 4.82. The van der Waals surface area contributed by atoms with Crippen molar-refractivity contribution in [2.75, 3.05) is 6.54 Å². The van der Waals surface area contributed by atoms with Crippen LogP contribution in [-0.2, 0) is 4.79 Å². The van der Waals surface area contributed by atoms with Crippen molar-refractivity contribution in [2.45, 2.75) is 26.3 Å². The summed E-state index contributed by atoms with van der Waals surface area (Å²) in [5.74, 6) is 0.248. The lowest BCUT2D eigenvalue weighted by molar-refractivity contribution is -0.122. The Morgan fingerprint density at radius 3 is 2.47 bits per heavy atom. The third-order valence-electron chi connectivity index (χ3n) is 2.68. The van der Waals surface area contributed by atoms with Gasteiger partial charge in [-0.1, -0.05) is 30.7 Å². The van der Waals surface area contributed by atoms with Crippen LogP contribution in [0.1, 0.15) is 31.9 Å². The molecular weight excluding hydrogens is 236 g/mol. The van der Waals surface area contributed by atoms with E-state index < -0.39 is 0 Å². The standard InChI is InChI=1S/C13H19ClN2O/c1-9(8-15)7-13(17)16-10(2)11-3-5-12(14)6-4-11/h3-6,9-10H,7-8,15H2,1-2H3,(H,16,17). The van der Waals surface area contributed by atoms with Gasteiger partial charge in [0.1, 0.15) is 0 Å². The second kappa shape index (κ2) is 6.62. The molecule has 0 aliphatic heterocycles. The zero-order valence-electron chi connectivity index (χ0n) is 10.2. The molecule has 0 radical (unpaired) electrons. The highest BCUT2D eigenvalue weighted by Gasteiger charge is 2.11. The SMILES string of the molecule is CC(CN)CC(=O)NC(C)c1ccc(Cl)cc1. The number of hydrogen-bond donors (Lipinski definition) is 2. The molecule has 0 aromatic heterocycles. The summed E-state index contributed by atoms with van der Waals surface area (Å²) in [6.07, 6.45) is 0.467. The Labute approximate surface area is 107 Å². The quantitative estimate of drug-likeness (QED) is 0.848. The Kier molecular flexibility index (Phi) is 5.45. The zero-order chi connectivity index (χ0) is 12.8. The van der Waals surface area contributed by atoms with Crippen LogP contribution >= 0.6 is 11.6 Å². The molecule has 4 heteroatoms. The Balaban J connectivity index is 2.51. The average molecular weight is 255 g/mol. The number of benzene rings is 1. The van der Waals surface area contributed by atoms with E-state index in [1.807, 2.05) is 38.1 Å². The van der Waals surface area contributed by atoms with Gasteiger partial charge in [0, 0.05) is 11.4 Å². The molecule has 2 unspecified atom stereocenters. The Hall–Kier alpha value is -1.06. The van der Waals surface area contributed by atoms with E-state index in [4.69, 9.17) is 17.3 Å². The van der Waals surface area contributed by atoms with Crippen molar-refractivity contribution in [2.24, 2.45) is 11.7 Å². The van der Waals surface area contributed by atoms with Crippen LogP contribution in [0.15, 0.2) is 24.3 Å². The fourth-order valence-corrected chi connectivity index (χ4v) is 1.66. The molecule has 2 atom stereocenters. The molecule has 0 fully saturated rings. The molecule has 17 heavy (non-hydrogen) atoms. The highest BCUT2D eigenvalue weighted by molar-refractivity contribution is 6.30. The normalized spacial score (nSPS) is 14.1. The lowest BCUT2D eigenvalue weighted by atomic mass is 10.1. The summed E-state index contributed by atoms with van der Waals surface area (Å²) < 4.78 is 0. The maximum atomic E-state index is 11.7. The fourth-order valence-electron chi connectivity index (χ4n) is 1.54. The Morgan fingerprint density at radius 2 is 1.94 bits per heavy atom. The molecule has 1 amide bonds. The summed E-state index contributed by atoms with van der Waals surface area (Å²) in [4.78, 5) is 11.7. The first-order valence-electron chi connectivity index (χ1n) is 5.77. The van der Waals surface area contributed by atoms with Crippen molar-refractivity contribution in [3.8, 4) is 0 Å². The van der Waals surface area contributed by atoms with Gasteiger partial charge >= 0.3 is 0 Å². The van der Waals surface area contributed by atoms with Gasteiger partial charge in [0.05, 0.1) is 6.04 Å². The molecule has 0 bridgehead atoms. The summed E-state index contributed by atoms with van der Waals surface area (Å²) in [7, 11) is 0. The predicted molar refractivity (Wildman–Crippen MR) is 70.8 cm³/mol. The van der Waals surface area contributed by atoms with Gasteiger partial charge in [-0.2, -0.15) is 0 Å². The number of hydrogen-bond acceptors (Lipinski definition) is 2. The third-order valence-corrected chi connectivity index (χ3v) is 2.94. The van der Waals surface area contributed by atoms with Crippen LogP contribution in [-0.4, -0.2) is 12.5 Å². The summed E-state index contributed by atoms with van der Waals surface area (Å²) >= 11 is 5.81. The van der Waals surface area contributed by atoms with Gasteiger partial charge in [-0.3, -0.25) is 4.79 Å². The molecule has 3 nitrogen and oxygen atoms in total. The smallest absolute Gasteiger partial charge is 0.220 e. The highest BCUT2D eigenvalue weighted by atomic mass is 35.5. The van der Waals surface area contributed by atoms with Crippen LogP contribution < -0.4 is 11.1 Å². The van der Waals surface area contributed by atoms with E-state index in [0.29, 0.717) is 18.0 Å². The minimum absolute atomic E-state index is 0.00950. The number of nitrogens with one attached hydrogen (secondary N) is 1. The number of halogens is 1. The first-order valence-corrected chi connectivity index (χ1v) is 6.15. The van der Waals surface area contributed by atoms with Crippen LogP contribution in [0.25, 0.3) is 0 Å². The van der Waals surface area contributed by atoms with Gasteiger partial charge in [0.25, 0.3) is 0 Å². The number of amides is 1. The van der Waals surface area contributed by atoms with E-state index in [2.05, 4.69) is 5.32 Å². The molecule has 0 aliphatic rings. The van der Waals surface area contributed by atoms with Gasteiger partial charge in [-0.15, -0.1) is 0 Å². The van der Waals surface area contributed by atoms with E-state index in [1.165, 1.54) is 0 Å². The summed E-state index contributed by atoms with van der Waals surface area (Å²) in [5, 5.41) is 3.64. The maximum absolute atomic E-state index is 11.7. The van der Waals surface area contributed by atoms with Crippen LogP contribution in [0.2, 0.25) is 5.02 Å². The van der Waals surface area contributed by atoms with E-state index >= 15 is 0 Å². The van der Waals surface area contributed by atoms with Crippen molar-refractivity contribution >= 4 is 17.5 Å². The Morgan fingerprint density at radius 1 is 1.35 bits per heavy atom. The molecule has 0 saturated heterocycles. The zero-order valence-corrected chi connectivity index (χ0v) is 11.0. The van der Waals surface area contributed by atoms with E-state index in [0.717, 1.165) is 5.56 Å². The third kappa shape index (κ3) is 4.75. The molecule has 0 aliphatic carbocycles. The second-order valence-electron chi connectivity index (χ2n) is 4.39. The van der Waals surface area contributed by atoms with Crippen LogP contribution in [0, 0.1) is 5.92 Å². The van der Waals surface area contributed by atoms with Crippen molar-refractivity contribution in [3.05, 3.63) is 34.9 Å². The van der Waals surface area contributed by atoms with E-state index in [9.17, 15) is 4.79 Å². The first-order chi connectivity index (χ1) is 8.02. The maximum Gasteiger partial charge on any atom is 0.220 e. The summed E-state index contributed by atoms with van der Waals surface area (Å²) in [6, 6.07) is 7.47. The van der Waals surface area contributed by atoms with Gasteiger partial charge in [-0.25, -0.2) is 0 Å². The monoisotopic (exact) mass is 254 g/mol. The van der Waals surface area contributed by atoms with Gasteiger partial charge in [0.15, 0.2) is 0 Å². The number of carbonyl (C=O) groups is 1. The minimum atomic E-state index is -0.00950. The van der Waals surface area contributed by atoms with Gasteiger partial charge in [0.2, 0.25) is 5.91 Å². The van der Waals surface area contributed by atoms with Gasteiger partial charge in [-0.05, 0) is 37.1 Å². The molecule has 1 aromatic rings. The highest BCUT2D eigenvalue weighted by Crippen LogP contribution is 2.16. The predicted octanol–water partition coefficient (Wildman–Crippen LogP) is 2.50. The van der Waals surface area contributed by atoms with Crippen LogP contribution in [0.4, 0.5) is 0 Å². The van der Waals surface area contributed by atoms with Crippen LogP contribution in [0.5, 0.6) is 0 Å². The molecule has 0 spiro atoms. The molecule has 1 aromatic carbocycles. The molecule has 0 saturated carbocycles. The first kappa shape index (κ1) is 14.0. The van der Waals surface area contributed by atoms with Crippen molar-refractivity contribution in [1.82, 2.24) is 5.32 Å². The van der Waals surface area contributed by atoms with Gasteiger partial charge < -0.3 is 11.1 Å². The van der Waals surface area contributed by atoms with Crippen molar-refractivity contribution in [1.29, 1.82) is 0 Å². The summed E-state index contributed by atoms with van der Waals surface area (Å²) in [6.45, 7) is 4.45.